The van der Waals surface area contributed by atoms with Gasteiger partial charge in [0.1, 0.15) is 11.7 Å². The van der Waals surface area contributed by atoms with Crippen molar-refractivity contribution in [1.29, 1.82) is 0 Å². The molecule has 2 amide bonds. The minimum atomic E-state index is -1.49. The van der Waals surface area contributed by atoms with Gasteiger partial charge in [-0.2, -0.15) is 0 Å². The predicted octanol–water partition coefficient (Wildman–Crippen LogP) is 1.75. The Bertz CT molecular complexity index is 584. The van der Waals surface area contributed by atoms with Gasteiger partial charge in [0.2, 0.25) is 11.8 Å². The summed E-state index contributed by atoms with van der Waals surface area (Å²) in [6.07, 6.45) is -0.425. The first-order valence-corrected chi connectivity index (χ1v) is 7.16. The molecular formula is C16H21FN2O4. The molecule has 0 aliphatic heterocycles. The highest BCUT2D eigenvalue weighted by Crippen LogP contribution is 2.22. The number of carboxylic acids is 1. The monoisotopic (exact) mass is 324 g/mol. The number of halogens is 1. The molecule has 0 bridgehead atoms. The first-order chi connectivity index (χ1) is 10.6. The summed E-state index contributed by atoms with van der Waals surface area (Å²) >= 11 is 0. The molecular weight excluding hydrogens is 303 g/mol. The molecule has 0 aliphatic rings. The molecule has 0 heterocycles. The molecule has 6 nitrogen and oxygen atoms in total. The van der Waals surface area contributed by atoms with Crippen molar-refractivity contribution in [3.8, 4) is 0 Å². The van der Waals surface area contributed by atoms with Crippen molar-refractivity contribution < 1.29 is 23.9 Å². The Hall–Kier alpha value is -2.44. The molecule has 0 fully saturated rings. The highest BCUT2D eigenvalue weighted by atomic mass is 19.1. The Labute approximate surface area is 134 Å². The molecule has 23 heavy (non-hydrogen) atoms. The van der Waals surface area contributed by atoms with Gasteiger partial charge in [-0.15, -0.1) is 0 Å². The van der Waals surface area contributed by atoms with Gasteiger partial charge in [-0.05, 0) is 38.1 Å². The van der Waals surface area contributed by atoms with Gasteiger partial charge in [-0.3, -0.25) is 14.4 Å². The number of anilines is 1. The number of rotatable bonds is 6. The molecule has 1 atom stereocenters. The molecule has 1 unspecified atom stereocenters. The van der Waals surface area contributed by atoms with Crippen LogP contribution >= 0.6 is 0 Å². The quantitative estimate of drug-likeness (QED) is 0.809. The average molecular weight is 324 g/mol. The lowest BCUT2D eigenvalue weighted by molar-refractivity contribution is -0.149. The Morgan fingerprint density at radius 2 is 1.65 bits per heavy atom. The van der Waals surface area contributed by atoms with E-state index in [9.17, 15) is 23.9 Å². The highest BCUT2D eigenvalue weighted by Gasteiger charge is 2.34. The molecule has 0 radical (unpaired) electrons. The number of carboxylic acid groups (broad SMARTS) is 1. The molecule has 0 saturated heterocycles. The van der Waals surface area contributed by atoms with Gasteiger partial charge in [-0.1, -0.05) is 0 Å². The third-order valence-corrected chi connectivity index (χ3v) is 3.33. The second-order valence-electron chi connectivity index (χ2n) is 5.66. The molecule has 1 aromatic carbocycles. The van der Waals surface area contributed by atoms with Crippen LogP contribution in [-0.4, -0.2) is 47.9 Å². The summed E-state index contributed by atoms with van der Waals surface area (Å²) in [4.78, 5) is 38.4. The van der Waals surface area contributed by atoms with Crippen LogP contribution < -0.4 is 4.90 Å². The van der Waals surface area contributed by atoms with E-state index in [2.05, 4.69) is 0 Å². The standard InChI is InChI=1S/C16H21FN2O4/c1-10(2)19(12-7-5-11(17)6-8-12)15(21)13(16(22)23)9-14(20)18(3)4/h5-8,10,13H,9H2,1-4H3,(H,22,23). The van der Waals surface area contributed by atoms with Crippen molar-refractivity contribution in [2.45, 2.75) is 26.3 Å². The first-order valence-electron chi connectivity index (χ1n) is 7.16. The molecule has 0 aromatic heterocycles. The fourth-order valence-corrected chi connectivity index (χ4v) is 2.09. The maximum absolute atomic E-state index is 13.1. The van der Waals surface area contributed by atoms with Gasteiger partial charge >= 0.3 is 5.97 Å². The maximum Gasteiger partial charge on any atom is 0.316 e. The molecule has 126 valence electrons. The van der Waals surface area contributed by atoms with E-state index in [0.717, 1.165) is 0 Å². The van der Waals surface area contributed by atoms with E-state index < -0.39 is 35.9 Å². The van der Waals surface area contributed by atoms with Crippen LogP contribution in [0.4, 0.5) is 10.1 Å². The lowest BCUT2D eigenvalue weighted by Gasteiger charge is -2.29. The van der Waals surface area contributed by atoms with Gasteiger partial charge in [-0.25, -0.2) is 4.39 Å². The lowest BCUT2D eigenvalue weighted by Crippen LogP contribution is -2.45. The highest BCUT2D eigenvalue weighted by molar-refractivity contribution is 6.08. The van der Waals surface area contributed by atoms with E-state index in [0.29, 0.717) is 5.69 Å². The van der Waals surface area contributed by atoms with Gasteiger partial charge in [0.05, 0.1) is 0 Å². The number of aliphatic carboxylic acids is 1. The number of amides is 2. The zero-order valence-corrected chi connectivity index (χ0v) is 13.6. The molecule has 0 saturated carbocycles. The van der Waals surface area contributed by atoms with Crippen molar-refractivity contribution in [1.82, 2.24) is 4.90 Å². The summed E-state index contributed by atoms with van der Waals surface area (Å²) in [6, 6.07) is 4.85. The van der Waals surface area contributed by atoms with Crippen LogP contribution in [0.3, 0.4) is 0 Å². The van der Waals surface area contributed by atoms with Crippen LogP contribution in [0.5, 0.6) is 0 Å². The first kappa shape index (κ1) is 18.6. The predicted molar refractivity (Wildman–Crippen MR) is 83.5 cm³/mol. The Balaban J connectivity index is 3.13. The zero-order chi connectivity index (χ0) is 17.7. The van der Waals surface area contributed by atoms with Gasteiger partial charge in [0.15, 0.2) is 0 Å². The Kier molecular flexibility index (Phi) is 6.24. The largest absolute Gasteiger partial charge is 0.481 e. The number of nitrogens with zero attached hydrogens (tertiary/aromatic N) is 2. The van der Waals surface area contributed by atoms with Crippen LogP contribution in [-0.2, 0) is 14.4 Å². The summed E-state index contributed by atoms with van der Waals surface area (Å²) in [5.41, 5.74) is 0.384. The summed E-state index contributed by atoms with van der Waals surface area (Å²) < 4.78 is 13.1. The van der Waals surface area contributed by atoms with Crippen LogP contribution in [0, 0.1) is 11.7 Å². The summed E-state index contributed by atoms with van der Waals surface area (Å²) in [6.45, 7) is 3.43. The number of benzene rings is 1. The van der Waals surface area contributed by atoms with Crippen molar-refractivity contribution in [3.05, 3.63) is 30.1 Å². The third-order valence-electron chi connectivity index (χ3n) is 3.33. The van der Waals surface area contributed by atoms with E-state index in [-0.39, 0.29) is 6.04 Å². The molecule has 0 aliphatic carbocycles. The van der Waals surface area contributed by atoms with Crippen LogP contribution in [0.15, 0.2) is 24.3 Å². The summed E-state index contributed by atoms with van der Waals surface area (Å²) in [5.74, 6) is -4.46. The van der Waals surface area contributed by atoms with E-state index in [4.69, 9.17) is 0 Å². The zero-order valence-electron chi connectivity index (χ0n) is 13.6. The number of hydrogen-bond acceptors (Lipinski definition) is 3. The van der Waals surface area contributed by atoms with E-state index in [1.165, 1.54) is 48.2 Å². The maximum atomic E-state index is 13.1. The fraction of sp³-hybridized carbons (Fsp3) is 0.438. The molecule has 1 aromatic rings. The van der Waals surface area contributed by atoms with Crippen molar-refractivity contribution in [3.63, 3.8) is 0 Å². The Morgan fingerprint density at radius 1 is 1.13 bits per heavy atom. The van der Waals surface area contributed by atoms with E-state index >= 15 is 0 Å². The van der Waals surface area contributed by atoms with Crippen molar-refractivity contribution in [2.75, 3.05) is 19.0 Å². The van der Waals surface area contributed by atoms with Crippen molar-refractivity contribution in [2.24, 2.45) is 5.92 Å². The average Bonchev–Trinajstić information content (AvgIpc) is 2.45. The fourth-order valence-electron chi connectivity index (χ4n) is 2.09. The topological polar surface area (TPSA) is 77.9 Å². The van der Waals surface area contributed by atoms with Crippen LogP contribution in [0.1, 0.15) is 20.3 Å². The second-order valence-corrected chi connectivity index (χ2v) is 5.66. The van der Waals surface area contributed by atoms with Gasteiger partial charge in [0, 0.05) is 32.2 Å². The number of hydrogen-bond donors (Lipinski definition) is 1. The normalized spacial score (nSPS) is 11.9. The minimum Gasteiger partial charge on any atom is -0.481 e. The summed E-state index contributed by atoms with van der Waals surface area (Å²) in [5, 5.41) is 9.32. The lowest BCUT2D eigenvalue weighted by atomic mass is 10.0. The smallest absolute Gasteiger partial charge is 0.316 e. The van der Waals surface area contributed by atoms with Gasteiger partial charge < -0.3 is 14.9 Å². The minimum absolute atomic E-state index is 0.343. The van der Waals surface area contributed by atoms with Crippen molar-refractivity contribution >= 4 is 23.5 Å². The molecule has 7 heteroatoms. The number of carbonyl (C=O) groups excluding carboxylic acids is 2. The molecule has 1 N–H and O–H groups in total. The van der Waals surface area contributed by atoms with E-state index in [1.54, 1.807) is 13.8 Å². The van der Waals surface area contributed by atoms with Crippen LogP contribution in [0.25, 0.3) is 0 Å². The molecule has 1 rings (SSSR count). The SMILES string of the molecule is CC(C)N(C(=O)C(CC(=O)N(C)C)C(=O)O)c1ccc(F)cc1. The van der Waals surface area contributed by atoms with Crippen LogP contribution in [0.2, 0.25) is 0 Å². The summed E-state index contributed by atoms with van der Waals surface area (Å²) in [7, 11) is 2.98. The number of carbonyl (C=O) groups is 3. The van der Waals surface area contributed by atoms with Gasteiger partial charge in [0.25, 0.3) is 0 Å². The Morgan fingerprint density at radius 3 is 2.04 bits per heavy atom. The second kappa shape index (κ2) is 7.71. The third kappa shape index (κ3) is 4.77. The molecule has 0 spiro atoms. The van der Waals surface area contributed by atoms with E-state index in [1.807, 2.05) is 0 Å².